The van der Waals surface area contributed by atoms with E-state index in [1.807, 2.05) is 0 Å². The highest BCUT2D eigenvalue weighted by Crippen LogP contribution is 2.22. The second kappa shape index (κ2) is 6.83. The zero-order valence-corrected chi connectivity index (χ0v) is 11.7. The Morgan fingerprint density at radius 3 is 2.33 bits per heavy atom. The molecular formula is C15H13ClF3NO. The lowest BCUT2D eigenvalue weighted by Crippen LogP contribution is -2.13. The molecule has 2 aromatic carbocycles. The second-order valence-corrected chi connectivity index (χ2v) is 4.91. The minimum atomic E-state index is -2.86. The quantitative estimate of drug-likeness (QED) is 0.891. The van der Waals surface area contributed by atoms with E-state index < -0.39 is 12.4 Å². The van der Waals surface area contributed by atoms with Crippen LogP contribution in [0.2, 0.25) is 5.02 Å². The highest BCUT2D eigenvalue weighted by Gasteiger charge is 2.10. The number of benzene rings is 2. The van der Waals surface area contributed by atoms with Crippen LogP contribution >= 0.6 is 11.6 Å². The molecule has 1 unspecified atom stereocenters. The Morgan fingerprint density at radius 2 is 1.76 bits per heavy atom. The highest BCUT2D eigenvalue weighted by atomic mass is 35.5. The fourth-order valence-electron chi connectivity index (χ4n) is 1.93. The van der Waals surface area contributed by atoms with E-state index in [1.54, 1.807) is 18.2 Å². The third-order valence-electron chi connectivity index (χ3n) is 2.97. The molecule has 0 saturated carbocycles. The molecule has 2 N–H and O–H groups in total. The maximum Gasteiger partial charge on any atom is 0.387 e. The summed E-state index contributed by atoms with van der Waals surface area (Å²) in [5.74, 6) is -0.430. The molecule has 2 nitrogen and oxygen atoms in total. The smallest absolute Gasteiger partial charge is 0.387 e. The SMILES string of the molecule is NC(Cc1ccc(Cl)c(F)c1)c1ccc(OC(F)F)cc1. The van der Waals surface area contributed by atoms with E-state index in [-0.39, 0.29) is 16.8 Å². The van der Waals surface area contributed by atoms with Crippen molar-refractivity contribution >= 4 is 11.6 Å². The van der Waals surface area contributed by atoms with Crippen LogP contribution in [0.4, 0.5) is 13.2 Å². The summed E-state index contributed by atoms with van der Waals surface area (Å²) in [6, 6.07) is 10.2. The summed E-state index contributed by atoms with van der Waals surface area (Å²) < 4.78 is 41.7. The molecule has 0 aliphatic rings. The maximum absolute atomic E-state index is 13.3. The van der Waals surface area contributed by atoms with Crippen LogP contribution in [-0.2, 0) is 6.42 Å². The molecule has 0 fully saturated rings. The Morgan fingerprint density at radius 1 is 1.10 bits per heavy atom. The van der Waals surface area contributed by atoms with Crippen LogP contribution in [0.3, 0.4) is 0 Å². The van der Waals surface area contributed by atoms with E-state index in [0.29, 0.717) is 12.0 Å². The van der Waals surface area contributed by atoms with Crippen LogP contribution in [0.25, 0.3) is 0 Å². The van der Waals surface area contributed by atoms with Gasteiger partial charge >= 0.3 is 6.61 Å². The number of hydrogen-bond donors (Lipinski definition) is 1. The third kappa shape index (κ3) is 4.37. The van der Waals surface area contributed by atoms with E-state index in [9.17, 15) is 13.2 Å². The molecule has 0 saturated heterocycles. The number of rotatable bonds is 5. The van der Waals surface area contributed by atoms with Gasteiger partial charge in [-0.3, -0.25) is 0 Å². The van der Waals surface area contributed by atoms with Crippen molar-refractivity contribution in [3.8, 4) is 5.75 Å². The van der Waals surface area contributed by atoms with Crippen LogP contribution in [0.15, 0.2) is 42.5 Å². The van der Waals surface area contributed by atoms with Gasteiger partial charge in [0.05, 0.1) is 5.02 Å². The van der Waals surface area contributed by atoms with Gasteiger partial charge in [-0.05, 0) is 41.8 Å². The minimum Gasteiger partial charge on any atom is -0.435 e. The van der Waals surface area contributed by atoms with Crippen LogP contribution in [0.5, 0.6) is 5.75 Å². The molecule has 2 rings (SSSR count). The Balaban J connectivity index is 2.05. The number of halogens is 4. The minimum absolute atomic E-state index is 0.0563. The molecule has 0 bridgehead atoms. The van der Waals surface area contributed by atoms with Gasteiger partial charge in [0.15, 0.2) is 0 Å². The van der Waals surface area contributed by atoms with Crippen LogP contribution in [-0.4, -0.2) is 6.61 Å². The molecule has 6 heteroatoms. The van der Waals surface area contributed by atoms with Gasteiger partial charge in [-0.15, -0.1) is 0 Å². The monoisotopic (exact) mass is 315 g/mol. The molecule has 112 valence electrons. The third-order valence-corrected chi connectivity index (χ3v) is 3.28. The van der Waals surface area contributed by atoms with Gasteiger partial charge in [-0.1, -0.05) is 29.8 Å². The van der Waals surface area contributed by atoms with E-state index in [2.05, 4.69) is 4.74 Å². The van der Waals surface area contributed by atoms with Gasteiger partial charge in [-0.25, -0.2) is 4.39 Å². The van der Waals surface area contributed by atoms with Crippen molar-refractivity contribution in [2.45, 2.75) is 19.1 Å². The molecule has 0 aliphatic carbocycles. The van der Waals surface area contributed by atoms with E-state index in [1.165, 1.54) is 24.3 Å². The molecular weight excluding hydrogens is 303 g/mol. The van der Waals surface area contributed by atoms with E-state index >= 15 is 0 Å². The van der Waals surface area contributed by atoms with Gasteiger partial charge in [0.1, 0.15) is 11.6 Å². The van der Waals surface area contributed by atoms with Gasteiger partial charge in [-0.2, -0.15) is 8.78 Å². The van der Waals surface area contributed by atoms with Crippen molar-refractivity contribution in [1.82, 2.24) is 0 Å². The molecule has 21 heavy (non-hydrogen) atoms. The summed E-state index contributed by atoms with van der Waals surface area (Å²) in [5.41, 5.74) is 7.47. The lowest BCUT2D eigenvalue weighted by Gasteiger charge is -2.13. The van der Waals surface area contributed by atoms with Gasteiger partial charge in [0.2, 0.25) is 0 Å². The zero-order valence-electron chi connectivity index (χ0n) is 10.9. The highest BCUT2D eigenvalue weighted by molar-refractivity contribution is 6.30. The van der Waals surface area contributed by atoms with Crippen molar-refractivity contribution in [1.29, 1.82) is 0 Å². The van der Waals surface area contributed by atoms with Crippen molar-refractivity contribution < 1.29 is 17.9 Å². The number of ether oxygens (including phenoxy) is 1. The summed E-state index contributed by atoms with van der Waals surface area (Å²) in [6.45, 7) is -2.86. The number of alkyl halides is 2. The number of hydrogen-bond acceptors (Lipinski definition) is 2. The average molecular weight is 316 g/mol. The zero-order chi connectivity index (χ0) is 15.4. The second-order valence-electron chi connectivity index (χ2n) is 4.51. The Bertz CT molecular complexity index is 604. The molecule has 0 amide bonds. The molecule has 0 aliphatic heterocycles. The van der Waals surface area contributed by atoms with Crippen LogP contribution in [0.1, 0.15) is 17.2 Å². The fraction of sp³-hybridized carbons (Fsp3) is 0.200. The average Bonchev–Trinajstić information content (AvgIpc) is 2.43. The summed E-state index contributed by atoms with van der Waals surface area (Å²) in [6.07, 6.45) is 0.406. The van der Waals surface area contributed by atoms with Crippen molar-refractivity contribution in [3.05, 3.63) is 64.4 Å². The topological polar surface area (TPSA) is 35.2 Å². The van der Waals surface area contributed by atoms with Gasteiger partial charge < -0.3 is 10.5 Å². The first-order chi connectivity index (χ1) is 9.95. The standard InChI is InChI=1S/C15H13ClF3NO/c16-12-6-1-9(7-13(12)17)8-14(20)10-2-4-11(5-3-10)21-15(18)19/h1-7,14-15H,8,20H2. The lowest BCUT2D eigenvalue weighted by atomic mass is 9.99. The summed E-state index contributed by atoms with van der Waals surface area (Å²) in [7, 11) is 0. The van der Waals surface area contributed by atoms with Gasteiger partial charge in [0, 0.05) is 6.04 Å². The van der Waals surface area contributed by atoms with E-state index in [0.717, 1.165) is 5.56 Å². The van der Waals surface area contributed by atoms with Crippen LogP contribution in [0, 0.1) is 5.82 Å². The first kappa shape index (κ1) is 15.7. The predicted molar refractivity (Wildman–Crippen MR) is 75.1 cm³/mol. The number of nitrogens with two attached hydrogens (primary N) is 1. The van der Waals surface area contributed by atoms with Crippen molar-refractivity contribution in [2.24, 2.45) is 5.73 Å². The summed E-state index contributed by atoms with van der Waals surface area (Å²) >= 11 is 5.61. The largest absolute Gasteiger partial charge is 0.435 e. The lowest BCUT2D eigenvalue weighted by molar-refractivity contribution is -0.0498. The fourth-order valence-corrected chi connectivity index (χ4v) is 2.05. The Kier molecular flexibility index (Phi) is 5.09. The maximum atomic E-state index is 13.3. The van der Waals surface area contributed by atoms with Crippen molar-refractivity contribution in [3.63, 3.8) is 0 Å². The van der Waals surface area contributed by atoms with Gasteiger partial charge in [0.25, 0.3) is 0 Å². The van der Waals surface area contributed by atoms with E-state index in [4.69, 9.17) is 17.3 Å². The van der Waals surface area contributed by atoms with Crippen LogP contribution < -0.4 is 10.5 Å². The molecule has 0 heterocycles. The molecule has 0 aromatic heterocycles. The first-order valence-corrected chi connectivity index (χ1v) is 6.58. The Labute approximate surface area is 125 Å². The Hall–Kier alpha value is -1.72. The molecule has 0 radical (unpaired) electrons. The first-order valence-electron chi connectivity index (χ1n) is 6.20. The normalized spacial score (nSPS) is 12.5. The summed E-state index contributed by atoms with van der Waals surface area (Å²) in [5, 5.41) is 0.0563. The molecule has 2 aromatic rings. The molecule has 1 atom stereocenters. The van der Waals surface area contributed by atoms with Crippen molar-refractivity contribution in [2.75, 3.05) is 0 Å². The molecule has 0 spiro atoms. The summed E-state index contributed by atoms with van der Waals surface area (Å²) in [4.78, 5) is 0. The predicted octanol–water partition coefficient (Wildman–Crippen LogP) is 4.32.